The number of anilines is 3. The number of carbonyl (C=O) groups is 1. The molecule has 1 aromatic heterocycles. The molecule has 154 valence electrons. The predicted octanol–water partition coefficient (Wildman–Crippen LogP) is 3.28. The Morgan fingerprint density at radius 1 is 1.10 bits per heavy atom. The third-order valence-electron chi connectivity index (χ3n) is 4.59. The zero-order valence-electron chi connectivity index (χ0n) is 16.4. The normalized spacial score (nSPS) is 14.3. The maximum absolute atomic E-state index is 13.8. The number of hydrogen-bond donors (Lipinski definition) is 2. The van der Waals surface area contributed by atoms with Crippen LogP contribution in [-0.4, -0.2) is 52.3 Å². The molecule has 0 amide bonds. The van der Waals surface area contributed by atoms with Crippen molar-refractivity contribution in [1.29, 1.82) is 0 Å². The number of hydrogen-bond acceptors (Lipinski definition) is 8. The van der Waals surface area contributed by atoms with E-state index in [9.17, 15) is 9.18 Å². The van der Waals surface area contributed by atoms with Gasteiger partial charge in [-0.1, -0.05) is 24.3 Å². The molecule has 0 unspecified atom stereocenters. The van der Waals surface area contributed by atoms with Gasteiger partial charge in [0.25, 0.3) is 5.95 Å². The van der Waals surface area contributed by atoms with Crippen LogP contribution >= 0.6 is 0 Å². The first-order valence-electron chi connectivity index (χ1n) is 9.56. The van der Waals surface area contributed by atoms with E-state index in [0.29, 0.717) is 60.6 Å². The Labute approximate surface area is 173 Å². The van der Waals surface area contributed by atoms with E-state index in [-0.39, 0.29) is 11.6 Å². The minimum atomic E-state index is -0.380. The number of morpholine rings is 1. The molecular formula is C21H21FN6O2. The molecule has 0 atom stereocenters. The first-order valence-corrected chi connectivity index (χ1v) is 9.56. The topological polar surface area (TPSA) is 92.3 Å². The fraction of sp³-hybridized carbons (Fsp3) is 0.238. The number of rotatable bonds is 6. The summed E-state index contributed by atoms with van der Waals surface area (Å²) in [5.74, 6) is 0.281. The molecule has 0 saturated carbocycles. The highest BCUT2D eigenvalue weighted by Crippen LogP contribution is 2.28. The smallest absolute Gasteiger partial charge is 0.259 e. The van der Waals surface area contributed by atoms with Crippen molar-refractivity contribution >= 4 is 23.2 Å². The van der Waals surface area contributed by atoms with Gasteiger partial charge in [0.05, 0.1) is 13.2 Å². The fourth-order valence-corrected chi connectivity index (χ4v) is 3.06. The van der Waals surface area contributed by atoms with Gasteiger partial charge in [0, 0.05) is 29.9 Å². The maximum atomic E-state index is 13.8. The number of Topliss-reactive ketones (excluding diaryl/α,β-unsaturated/α-hetero) is 1. The summed E-state index contributed by atoms with van der Waals surface area (Å²) in [6, 6.07) is 13.1. The average molecular weight is 408 g/mol. The Hall–Kier alpha value is -3.43. The highest BCUT2D eigenvalue weighted by atomic mass is 19.1. The molecule has 8 nitrogen and oxygen atoms in total. The van der Waals surface area contributed by atoms with E-state index in [1.54, 1.807) is 30.3 Å². The summed E-state index contributed by atoms with van der Waals surface area (Å²) in [5, 5.41) is 13.6. The molecule has 1 fully saturated rings. The molecule has 2 N–H and O–H groups in total. The summed E-state index contributed by atoms with van der Waals surface area (Å²) in [5.41, 5.74) is 5.30. The summed E-state index contributed by atoms with van der Waals surface area (Å²) in [6.07, 6.45) is 0. The quantitative estimate of drug-likeness (QED) is 0.601. The Morgan fingerprint density at radius 3 is 2.67 bits per heavy atom. The lowest BCUT2D eigenvalue weighted by Crippen LogP contribution is -2.40. The number of hydrazine groups is 1. The number of ether oxygens (including phenoxy) is 1. The number of nitrogens with zero attached hydrogens (tertiary/aromatic N) is 4. The zero-order valence-corrected chi connectivity index (χ0v) is 16.4. The summed E-state index contributed by atoms with van der Waals surface area (Å²) in [6.45, 7) is 4.13. The molecule has 0 bridgehead atoms. The van der Waals surface area contributed by atoms with E-state index in [1.807, 2.05) is 11.1 Å². The van der Waals surface area contributed by atoms with E-state index in [0.717, 1.165) is 0 Å². The van der Waals surface area contributed by atoms with Crippen molar-refractivity contribution in [2.24, 2.45) is 0 Å². The van der Waals surface area contributed by atoms with Crippen LogP contribution in [0.4, 0.5) is 21.8 Å². The van der Waals surface area contributed by atoms with Gasteiger partial charge in [0.15, 0.2) is 11.6 Å². The highest BCUT2D eigenvalue weighted by Gasteiger charge is 2.16. The van der Waals surface area contributed by atoms with Crippen LogP contribution in [0.15, 0.2) is 48.5 Å². The number of ketones is 1. The van der Waals surface area contributed by atoms with Gasteiger partial charge >= 0.3 is 0 Å². The van der Waals surface area contributed by atoms with Crippen LogP contribution in [-0.2, 0) is 4.74 Å². The molecule has 0 spiro atoms. The highest BCUT2D eigenvalue weighted by molar-refractivity contribution is 5.95. The summed E-state index contributed by atoms with van der Waals surface area (Å²) in [4.78, 5) is 16.3. The second kappa shape index (κ2) is 8.93. The lowest BCUT2D eigenvalue weighted by Gasteiger charge is -2.26. The first kappa shape index (κ1) is 19.9. The van der Waals surface area contributed by atoms with Crippen molar-refractivity contribution in [3.05, 3.63) is 59.9 Å². The monoisotopic (exact) mass is 408 g/mol. The Bertz CT molecular complexity index is 1060. The van der Waals surface area contributed by atoms with Crippen molar-refractivity contribution in [2.75, 3.05) is 37.0 Å². The van der Waals surface area contributed by atoms with E-state index < -0.39 is 0 Å². The summed E-state index contributed by atoms with van der Waals surface area (Å²) in [7, 11) is 0. The van der Waals surface area contributed by atoms with E-state index in [1.165, 1.54) is 19.1 Å². The van der Waals surface area contributed by atoms with Crippen LogP contribution in [0.2, 0.25) is 0 Å². The van der Waals surface area contributed by atoms with Gasteiger partial charge in [0.2, 0.25) is 0 Å². The van der Waals surface area contributed by atoms with Gasteiger partial charge in [-0.05, 0) is 31.2 Å². The maximum Gasteiger partial charge on any atom is 0.259 e. The lowest BCUT2D eigenvalue weighted by molar-refractivity contribution is 0.0492. The molecule has 2 aromatic carbocycles. The van der Waals surface area contributed by atoms with Crippen molar-refractivity contribution in [1.82, 2.24) is 20.2 Å². The van der Waals surface area contributed by atoms with Gasteiger partial charge in [-0.2, -0.15) is 4.98 Å². The molecule has 3 aromatic rings. The van der Waals surface area contributed by atoms with Crippen LogP contribution < -0.4 is 10.7 Å². The number of nitrogens with one attached hydrogen (secondary N) is 2. The molecule has 1 saturated heterocycles. The van der Waals surface area contributed by atoms with Crippen LogP contribution in [0.5, 0.6) is 0 Å². The molecule has 0 radical (unpaired) electrons. The van der Waals surface area contributed by atoms with Crippen molar-refractivity contribution in [2.45, 2.75) is 6.92 Å². The minimum absolute atomic E-state index is 0.0421. The molecular weight excluding hydrogens is 387 g/mol. The summed E-state index contributed by atoms with van der Waals surface area (Å²) < 4.78 is 19.1. The second-order valence-electron chi connectivity index (χ2n) is 6.82. The molecule has 0 aliphatic carbocycles. The second-order valence-corrected chi connectivity index (χ2v) is 6.82. The number of aromatic nitrogens is 3. The van der Waals surface area contributed by atoms with Gasteiger partial charge in [-0.25, -0.2) is 9.40 Å². The number of benzene rings is 2. The van der Waals surface area contributed by atoms with Crippen molar-refractivity contribution < 1.29 is 13.9 Å². The van der Waals surface area contributed by atoms with Crippen molar-refractivity contribution in [3.63, 3.8) is 0 Å². The molecule has 9 heteroatoms. The lowest BCUT2D eigenvalue weighted by atomic mass is 10.1. The zero-order chi connectivity index (χ0) is 20.9. The third-order valence-corrected chi connectivity index (χ3v) is 4.59. The van der Waals surface area contributed by atoms with E-state index >= 15 is 0 Å². The SMILES string of the molecule is CC(=O)c1cccc(Nc2nc(NN3CCOCC3)nnc2-c2cccc(F)c2)c1. The van der Waals surface area contributed by atoms with Crippen molar-refractivity contribution in [3.8, 4) is 11.3 Å². The molecule has 1 aliphatic rings. The number of halogens is 1. The van der Waals surface area contributed by atoms with Crippen LogP contribution in [0.1, 0.15) is 17.3 Å². The average Bonchev–Trinajstić information content (AvgIpc) is 2.75. The van der Waals surface area contributed by atoms with Crippen LogP contribution in [0, 0.1) is 5.82 Å². The van der Waals surface area contributed by atoms with Gasteiger partial charge in [0.1, 0.15) is 11.5 Å². The molecule has 1 aliphatic heterocycles. The van der Waals surface area contributed by atoms with E-state index in [4.69, 9.17) is 4.74 Å². The van der Waals surface area contributed by atoms with Crippen LogP contribution in [0.3, 0.4) is 0 Å². The Kier molecular flexibility index (Phi) is 5.92. The van der Waals surface area contributed by atoms with Gasteiger partial charge < -0.3 is 10.1 Å². The van der Waals surface area contributed by atoms with E-state index in [2.05, 4.69) is 25.9 Å². The predicted molar refractivity (Wildman–Crippen MR) is 111 cm³/mol. The largest absolute Gasteiger partial charge is 0.379 e. The molecule has 2 heterocycles. The Morgan fingerprint density at radius 2 is 1.90 bits per heavy atom. The fourth-order valence-electron chi connectivity index (χ4n) is 3.06. The third kappa shape index (κ3) is 4.76. The van der Waals surface area contributed by atoms with Gasteiger partial charge in [-0.15, -0.1) is 10.2 Å². The Balaban J connectivity index is 1.69. The number of carbonyl (C=O) groups excluding carboxylic acids is 1. The summed E-state index contributed by atoms with van der Waals surface area (Å²) >= 11 is 0. The minimum Gasteiger partial charge on any atom is -0.379 e. The molecule has 4 rings (SSSR count). The van der Waals surface area contributed by atoms with Gasteiger partial charge in [-0.3, -0.25) is 10.2 Å². The van der Waals surface area contributed by atoms with Crippen LogP contribution in [0.25, 0.3) is 11.3 Å². The first-order chi connectivity index (χ1) is 14.6. The standard InChI is InChI=1S/C21H21FN6O2/c1-14(29)15-4-3-7-18(13-15)23-20-19(16-5-2-6-17(22)12-16)25-26-21(24-20)27-28-8-10-30-11-9-28/h2-7,12-13H,8-11H2,1H3,(H2,23,24,26,27). The molecule has 30 heavy (non-hydrogen) atoms.